The minimum Gasteiger partial charge on any atom is -0.484 e. The zero-order chi connectivity index (χ0) is 18.8. The molecule has 0 radical (unpaired) electrons. The van der Waals surface area contributed by atoms with Gasteiger partial charge in [-0.05, 0) is 30.3 Å². The summed E-state index contributed by atoms with van der Waals surface area (Å²) < 4.78 is 7.61. The third-order valence-corrected chi connectivity index (χ3v) is 4.01. The molecule has 0 unspecified atom stereocenters. The van der Waals surface area contributed by atoms with Gasteiger partial charge >= 0.3 is 5.69 Å². The van der Waals surface area contributed by atoms with E-state index >= 15 is 0 Å². The lowest BCUT2D eigenvalue weighted by Crippen LogP contribution is -2.37. The second-order valence-corrected chi connectivity index (χ2v) is 6.03. The highest BCUT2D eigenvalue weighted by Gasteiger charge is 2.11. The van der Waals surface area contributed by atoms with Crippen LogP contribution in [0.1, 0.15) is 0 Å². The first-order chi connectivity index (χ1) is 12.4. The predicted octanol–water partition coefficient (Wildman–Crippen LogP) is 1.30. The minimum atomic E-state index is -0.482. The number of nitrogens with one attached hydrogen (secondary N) is 1. The van der Waals surface area contributed by atoms with E-state index in [9.17, 15) is 14.4 Å². The Labute approximate surface area is 152 Å². The van der Waals surface area contributed by atoms with Gasteiger partial charge < -0.3 is 10.1 Å². The maximum absolute atomic E-state index is 12.2. The first-order valence-electron chi connectivity index (χ1n) is 7.61. The van der Waals surface area contributed by atoms with Gasteiger partial charge in [0.05, 0.1) is 17.3 Å². The zero-order valence-electron chi connectivity index (χ0n) is 14.0. The first kappa shape index (κ1) is 17.7. The van der Waals surface area contributed by atoms with Crippen LogP contribution in [0.3, 0.4) is 0 Å². The molecule has 8 nitrogen and oxygen atoms in total. The molecule has 1 amide bonds. The van der Waals surface area contributed by atoms with Crippen molar-refractivity contribution in [2.75, 3.05) is 11.9 Å². The van der Waals surface area contributed by atoms with Gasteiger partial charge in [-0.25, -0.2) is 9.78 Å². The van der Waals surface area contributed by atoms with Crippen molar-refractivity contribution in [3.63, 3.8) is 0 Å². The first-order valence-corrected chi connectivity index (χ1v) is 7.98. The SMILES string of the molecule is Cn1c(=O)c2cc(NC(=O)COc3ccc(Cl)cc3)cnc2n(C)c1=O. The summed E-state index contributed by atoms with van der Waals surface area (Å²) in [6.07, 6.45) is 1.38. The number of rotatable bonds is 4. The van der Waals surface area contributed by atoms with Crippen molar-refractivity contribution in [1.82, 2.24) is 14.1 Å². The Hall–Kier alpha value is -3.13. The van der Waals surface area contributed by atoms with Crippen LogP contribution in [0.15, 0.2) is 46.1 Å². The molecule has 0 saturated heterocycles. The van der Waals surface area contributed by atoms with Crippen molar-refractivity contribution in [2.45, 2.75) is 0 Å². The Morgan fingerprint density at radius 3 is 2.58 bits per heavy atom. The van der Waals surface area contributed by atoms with Crippen LogP contribution in [0.25, 0.3) is 11.0 Å². The number of hydrogen-bond acceptors (Lipinski definition) is 5. The van der Waals surface area contributed by atoms with Gasteiger partial charge in [0.15, 0.2) is 6.61 Å². The normalized spacial score (nSPS) is 10.7. The molecule has 2 aromatic heterocycles. The summed E-state index contributed by atoms with van der Waals surface area (Å²) in [6.45, 7) is -0.217. The molecule has 0 atom stereocenters. The van der Waals surface area contributed by atoms with Crippen LogP contribution < -0.4 is 21.3 Å². The standard InChI is InChI=1S/C17H15ClN4O4/c1-21-15-13(16(24)22(2)17(21)25)7-11(8-19-15)20-14(23)9-26-12-5-3-10(18)4-6-12/h3-8H,9H2,1-2H3,(H,20,23). The Morgan fingerprint density at radius 2 is 1.88 bits per heavy atom. The van der Waals surface area contributed by atoms with E-state index in [-0.39, 0.29) is 17.6 Å². The maximum atomic E-state index is 12.2. The number of pyridine rings is 1. The topological polar surface area (TPSA) is 95.2 Å². The van der Waals surface area contributed by atoms with Gasteiger partial charge in [0.2, 0.25) is 0 Å². The molecule has 0 aliphatic rings. The van der Waals surface area contributed by atoms with Crippen molar-refractivity contribution >= 4 is 34.2 Å². The number of amides is 1. The predicted molar refractivity (Wildman–Crippen MR) is 97.8 cm³/mol. The summed E-state index contributed by atoms with van der Waals surface area (Å²) in [6, 6.07) is 8.09. The third-order valence-electron chi connectivity index (χ3n) is 3.76. The van der Waals surface area contributed by atoms with Crippen LogP contribution in [0.4, 0.5) is 5.69 Å². The lowest BCUT2D eigenvalue weighted by atomic mass is 10.3. The lowest BCUT2D eigenvalue weighted by Gasteiger charge is -2.10. The van der Waals surface area contributed by atoms with E-state index < -0.39 is 17.2 Å². The molecule has 2 heterocycles. The third kappa shape index (κ3) is 3.45. The number of carbonyl (C=O) groups excluding carboxylic acids is 1. The Balaban J connectivity index is 1.78. The molecule has 1 aromatic carbocycles. The van der Waals surface area contributed by atoms with Crippen LogP contribution in [0, 0.1) is 0 Å². The summed E-state index contributed by atoms with van der Waals surface area (Å²) >= 11 is 5.78. The van der Waals surface area contributed by atoms with Crippen LogP contribution in [-0.4, -0.2) is 26.6 Å². The van der Waals surface area contributed by atoms with Crippen molar-refractivity contribution in [1.29, 1.82) is 0 Å². The molecule has 0 aliphatic carbocycles. The van der Waals surface area contributed by atoms with E-state index in [1.165, 1.54) is 30.9 Å². The fourth-order valence-electron chi connectivity index (χ4n) is 2.41. The number of halogens is 1. The summed E-state index contributed by atoms with van der Waals surface area (Å²) in [5.74, 6) is 0.0906. The second kappa shape index (κ2) is 7.01. The number of nitrogens with zero attached hydrogens (tertiary/aromatic N) is 3. The summed E-state index contributed by atoms with van der Waals surface area (Å²) in [4.78, 5) is 40.3. The van der Waals surface area contributed by atoms with Gasteiger partial charge in [-0.2, -0.15) is 0 Å². The van der Waals surface area contributed by atoms with Crippen LogP contribution >= 0.6 is 11.6 Å². The van der Waals surface area contributed by atoms with E-state index in [1.807, 2.05) is 0 Å². The van der Waals surface area contributed by atoms with Crippen LogP contribution in [0.5, 0.6) is 5.75 Å². The van der Waals surface area contributed by atoms with Gasteiger partial charge in [0.25, 0.3) is 11.5 Å². The number of ether oxygens (including phenoxy) is 1. The molecule has 9 heteroatoms. The molecule has 26 heavy (non-hydrogen) atoms. The summed E-state index contributed by atoms with van der Waals surface area (Å²) in [5, 5.41) is 3.41. The molecule has 0 bridgehead atoms. The highest BCUT2D eigenvalue weighted by atomic mass is 35.5. The molecule has 3 rings (SSSR count). The average Bonchev–Trinajstić information content (AvgIpc) is 2.64. The van der Waals surface area contributed by atoms with E-state index in [4.69, 9.17) is 16.3 Å². The van der Waals surface area contributed by atoms with Gasteiger partial charge in [-0.1, -0.05) is 11.6 Å². The lowest BCUT2D eigenvalue weighted by molar-refractivity contribution is -0.118. The fraction of sp³-hybridized carbons (Fsp3) is 0.176. The van der Waals surface area contributed by atoms with Crippen LogP contribution in [-0.2, 0) is 18.9 Å². The molecular weight excluding hydrogens is 360 g/mol. The molecule has 0 fully saturated rings. The maximum Gasteiger partial charge on any atom is 0.332 e. The smallest absolute Gasteiger partial charge is 0.332 e. The summed E-state index contributed by atoms with van der Waals surface area (Å²) in [7, 11) is 2.91. The average molecular weight is 375 g/mol. The molecular formula is C17H15ClN4O4. The molecule has 134 valence electrons. The Morgan fingerprint density at radius 1 is 1.19 bits per heavy atom. The van der Waals surface area contributed by atoms with Crippen molar-refractivity contribution < 1.29 is 9.53 Å². The monoisotopic (exact) mass is 374 g/mol. The number of anilines is 1. The quantitative estimate of drug-likeness (QED) is 0.742. The van der Waals surface area contributed by atoms with Crippen LogP contribution in [0.2, 0.25) is 5.02 Å². The number of aromatic nitrogens is 3. The minimum absolute atomic E-state index is 0.217. The molecule has 0 aliphatic heterocycles. The molecule has 1 N–H and O–H groups in total. The molecule has 0 spiro atoms. The summed E-state index contributed by atoms with van der Waals surface area (Å²) in [5.41, 5.74) is -0.376. The fourth-order valence-corrected chi connectivity index (χ4v) is 2.54. The van der Waals surface area contributed by atoms with Crippen molar-refractivity contribution in [3.8, 4) is 5.75 Å². The van der Waals surface area contributed by atoms with Gasteiger partial charge in [-0.15, -0.1) is 0 Å². The van der Waals surface area contributed by atoms with E-state index in [0.717, 1.165) is 4.57 Å². The number of aryl methyl sites for hydroxylation is 1. The van der Waals surface area contributed by atoms with Crippen molar-refractivity contribution in [3.05, 3.63) is 62.4 Å². The van der Waals surface area contributed by atoms with Gasteiger partial charge in [0, 0.05) is 19.1 Å². The van der Waals surface area contributed by atoms with Gasteiger partial charge in [-0.3, -0.25) is 18.7 Å². The highest BCUT2D eigenvalue weighted by molar-refractivity contribution is 6.30. The van der Waals surface area contributed by atoms with E-state index in [0.29, 0.717) is 16.5 Å². The number of hydrogen-bond donors (Lipinski definition) is 1. The van der Waals surface area contributed by atoms with Gasteiger partial charge in [0.1, 0.15) is 11.4 Å². The molecule has 0 saturated carbocycles. The van der Waals surface area contributed by atoms with E-state index in [1.54, 1.807) is 24.3 Å². The Bertz CT molecular complexity index is 1100. The highest BCUT2D eigenvalue weighted by Crippen LogP contribution is 2.16. The number of benzene rings is 1. The number of fused-ring (bicyclic) bond motifs is 1. The zero-order valence-corrected chi connectivity index (χ0v) is 14.8. The molecule has 3 aromatic rings. The van der Waals surface area contributed by atoms with E-state index in [2.05, 4.69) is 10.3 Å². The number of carbonyl (C=O) groups is 1. The second-order valence-electron chi connectivity index (χ2n) is 5.59. The van der Waals surface area contributed by atoms with Crippen molar-refractivity contribution in [2.24, 2.45) is 14.1 Å². The largest absolute Gasteiger partial charge is 0.484 e. The Kier molecular flexibility index (Phi) is 4.77.